The maximum atomic E-state index is 13.1. The largest absolute Gasteiger partial charge is 0.472 e. The lowest BCUT2D eigenvalue weighted by molar-refractivity contribution is 0.151. The Morgan fingerprint density at radius 1 is 1.27 bits per heavy atom. The maximum absolute atomic E-state index is 13.1. The van der Waals surface area contributed by atoms with Gasteiger partial charge in [0.1, 0.15) is 5.82 Å². The van der Waals surface area contributed by atoms with Gasteiger partial charge in [-0.25, -0.2) is 9.18 Å². The Balaban J connectivity index is 1.68. The van der Waals surface area contributed by atoms with Crippen LogP contribution < -0.4 is 5.32 Å². The summed E-state index contributed by atoms with van der Waals surface area (Å²) in [7, 11) is 0. The van der Waals surface area contributed by atoms with Crippen molar-refractivity contribution >= 4 is 6.03 Å². The van der Waals surface area contributed by atoms with Crippen LogP contribution in [0.15, 0.2) is 47.3 Å². The molecule has 4 nitrogen and oxygen atoms in total. The highest BCUT2D eigenvalue weighted by atomic mass is 19.1. The second kappa shape index (κ2) is 6.64. The molecule has 0 radical (unpaired) electrons. The number of furan rings is 1. The molecule has 1 aliphatic heterocycles. The second-order valence-electron chi connectivity index (χ2n) is 5.55. The minimum Gasteiger partial charge on any atom is -0.472 e. The third-order valence-electron chi connectivity index (χ3n) is 4.04. The van der Waals surface area contributed by atoms with Crippen LogP contribution in [0.5, 0.6) is 0 Å². The molecule has 2 aromatic rings. The molecule has 22 heavy (non-hydrogen) atoms. The molecule has 1 saturated heterocycles. The molecule has 1 aliphatic rings. The molecule has 2 heterocycles. The van der Waals surface area contributed by atoms with E-state index in [0.29, 0.717) is 6.54 Å². The second-order valence-corrected chi connectivity index (χ2v) is 5.55. The van der Waals surface area contributed by atoms with Gasteiger partial charge < -0.3 is 14.6 Å². The Morgan fingerprint density at radius 3 is 2.82 bits per heavy atom. The molecule has 0 saturated carbocycles. The number of hydrogen-bond donors (Lipinski definition) is 1. The molecule has 0 unspecified atom stereocenters. The van der Waals surface area contributed by atoms with Gasteiger partial charge in [-0.3, -0.25) is 0 Å². The highest BCUT2D eigenvalue weighted by Crippen LogP contribution is 2.30. The fourth-order valence-electron chi connectivity index (χ4n) is 2.88. The van der Waals surface area contributed by atoms with Gasteiger partial charge >= 0.3 is 6.03 Å². The van der Waals surface area contributed by atoms with Crippen molar-refractivity contribution in [2.24, 2.45) is 0 Å². The number of amides is 2. The monoisotopic (exact) mass is 302 g/mol. The Morgan fingerprint density at radius 2 is 2.09 bits per heavy atom. The number of hydrogen-bond acceptors (Lipinski definition) is 2. The SMILES string of the molecule is O=C(NCc1ccoc1)N1CCCC[C@H]1c1ccc(F)cc1. The normalized spacial score (nSPS) is 18.2. The first-order valence-electron chi connectivity index (χ1n) is 7.55. The van der Waals surface area contributed by atoms with Gasteiger partial charge in [-0.05, 0) is 43.0 Å². The fourth-order valence-corrected chi connectivity index (χ4v) is 2.88. The lowest BCUT2D eigenvalue weighted by Crippen LogP contribution is -2.44. The van der Waals surface area contributed by atoms with Gasteiger partial charge in [-0.2, -0.15) is 0 Å². The summed E-state index contributed by atoms with van der Waals surface area (Å²) in [5, 5.41) is 2.92. The van der Waals surface area contributed by atoms with Crippen LogP contribution in [0.3, 0.4) is 0 Å². The van der Waals surface area contributed by atoms with E-state index < -0.39 is 0 Å². The predicted octanol–water partition coefficient (Wildman–Crippen LogP) is 3.86. The quantitative estimate of drug-likeness (QED) is 0.936. The van der Waals surface area contributed by atoms with E-state index in [0.717, 1.165) is 36.9 Å². The van der Waals surface area contributed by atoms with Gasteiger partial charge in [0.05, 0.1) is 18.6 Å². The van der Waals surface area contributed by atoms with E-state index in [1.54, 1.807) is 24.7 Å². The van der Waals surface area contributed by atoms with Crippen LogP contribution in [-0.2, 0) is 6.54 Å². The van der Waals surface area contributed by atoms with E-state index in [2.05, 4.69) is 5.32 Å². The van der Waals surface area contributed by atoms with E-state index in [-0.39, 0.29) is 17.9 Å². The van der Waals surface area contributed by atoms with Crippen molar-refractivity contribution in [2.75, 3.05) is 6.54 Å². The topological polar surface area (TPSA) is 45.5 Å². The van der Waals surface area contributed by atoms with Crippen molar-refractivity contribution in [1.82, 2.24) is 10.2 Å². The molecule has 1 fully saturated rings. The van der Waals surface area contributed by atoms with Crippen molar-refractivity contribution in [3.8, 4) is 0 Å². The van der Waals surface area contributed by atoms with Crippen LogP contribution in [0.1, 0.15) is 36.4 Å². The molecule has 116 valence electrons. The summed E-state index contributed by atoms with van der Waals surface area (Å²) in [5.74, 6) is -0.254. The first-order chi connectivity index (χ1) is 10.7. The molecular formula is C17H19FN2O2. The molecule has 3 rings (SSSR count). The predicted molar refractivity (Wildman–Crippen MR) is 80.6 cm³/mol. The summed E-state index contributed by atoms with van der Waals surface area (Å²) < 4.78 is 18.1. The lowest BCUT2D eigenvalue weighted by Gasteiger charge is -2.36. The molecule has 2 amide bonds. The molecular weight excluding hydrogens is 283 g/mol. The summed E-state index contributed by atoms with van der Waals surface area (Å²) in [6, 6.07) is 8.18. The Bertz CT molecular complexity index is 610. The molecule has 0 bridgehead atoms. The van der Waals surface area contributed by atoms with Crippen LogP contribution in [0.4, 0.5) is 9.18 Å². The average molecular weight is 302 g/mol. The third kappa shape index (κ3) is 3.30. The minimum atomic E-state index is -0.254. The first-order valence-corrected chi connectivity index (χ1v) is 7.55. The smallest absolute Gasteiger partial charge is 0.318 e. The summed E-state index contributed by atoms with van der Waals surface area (Å²) >= 11 is 0. The van der Waals surface area contributed by atoms with Crippen molar-refractivity contribution in [2.45, 2.75) is 31.8 Å². The molecule has 1 aromatic carbocycles. The van der Waals surface area contributed by atoms with Gasteiger partial charge in [-0.15, -0.1) is 0 Å². The van der Waals surface area contributed by atoms with Crippen molar-refractivity contribution in [1.29, 1.82) is 0 Å². The summed E-state index contributed by atoms with van der Waals surface area (Å²) in [4.78, 5) is 14.3. The zero-order valence-corrected chi connectivity index (χ0v) is 12.3. The molecule has 1 aromatic heterocycles. The number of urea groups is 1. The summed E-state index contributed by atoms with van der Waals surface area (Å²) in [5.41, 5.74) is 1.92. The van der Waals surface area contributed by atoms with Crippen molar-refractivity contribution < 1.29 is 13.6 Å². The number of piperidine rings is 1. The van der Waals surface area contributed by atoms with Crippen LogP contribution in [-0.4, -0.2) is 17.5 Å². The van der Waals surface area contributed by atoms with E-state index >= 15 is 0 Å². The fraction of sp³-hybridized carbons (Fsp3) is 0.353. The maximum Gasteiger partial charge on any atom is 0.318 e. The van der Waals surface area contributed by atoms with Crippen LogP contribution in [0, 0.1) is 5.82 Å². The average Bonchev–Trinajstić information content (AvgIpc) is 3.07. The highest BCUT2D eigenvalue weighted by Gasteiger charge is 2.27. The molecule has 1 N–H and O–H groups in total. The number of nitrogens with one attached hydrogen (secondary N) is 1. The first kappa shape index (κ1) is 14.6. The van der Waals surface area contributed by atoms with E-state index in [1.807, 2.05) is 11.0 Å². The van der Waals surface area contributed by atoms with Crippen LogP contribution in [0.25, 0.3) is 0 Å². The van der Waals surface area contributed by atoms with Crippen molar-refractivity contribution in [3.63, 3.8) is 0 Å². The summed E-state index contributed by atoms with van der Waals surface area (Å²) in [6.07, 6.45) is 6.19. The Labute approximate surface area is 128 Å². The van der Waals surface area contributed by atoms with Gasteiger partial charge in [0.2, 0.25) is 0 Å². The number of rotatable bonds is 3. The zero-order valence-electron chi connectivity index (χ0n) is 12.3. The van der Waals surface area contributed by atoms with E-state index in [9.17, 15) is 9.18 Å². The lowest BCUT2D eigenvalue weighted by atomic mass is 9.95. The van der Waals surface area contributed by atoms with E-state index in [4.69, 9.17) is 4.42 Å². The van der Waals surface area contributed by atoms with Crippen molar-refractivity contribution in [3.05, 3.63) is 59.8 Å². The van der Waals surface area contributed by atoms with Gasteiger partial charge in [0.25, 0.3) is 0 Å². The number of halogens is 1. The molecule has 5 heteroatoms. The zero-order chi connectivity index (χ0) is 15.4. The van der Waals surface area contributed by atoms with Gasteiger partial charge in [-0.1, -0.05) is 12.1 Å². The number of nitrogens with zero attached hydrogens (tertiary/aromatic N) is 1. The number of carbonyl (C=O) groups excluding carboxylic acids is 1. The standard InChI is InChI=1S/C17H19FN2O2/c18-15-6-4-14(5-7-15)16-3-1-2-9-20(16)17(21)19-11-13-8-10-22-12-13/h4-8,10,12,16H,1-3,9,11H2,(H,19,21)/t16-/m0/s1. The number of likely N-dealkylation sites (tertiary alicyclic amines) is 1. The highest BCUT2D eigenvalue weighted by molar-refractivity contribution is 5.74. The summed E-state index contributed by atoms with van der Waals surface area (Å²) in [6.45, 7) is 1.17. The molecule has 0 aliphatic carbocycles. The van der Waals surface area contributed by atoms with Gasteiger partial charge in [0, 0.05) is 18.7 Å². The Hall–Kier alpha value is -2.30. The Kier molecular flexibility index (Phi) is 4.42. The van der Waals surface area contributed by atoms with Crippen LogP contribution in [0.2, 0.25) is 0 Å². The minimum absolute atomic E-state index is 0.0127. The van der Waals surface area contributed by atoms with Gasteiger partial charge in [0.15, 0.2) is 0 Å². The number of carbonyl (C=O) groups is 1. The van der Waals surface area contributed by atoms with Crippen LogP contribution >= 0.6 is 0 Å². The molecule has 1 atom stereocenters. The molecule has 0 spiro atoms. The third-order valence-corrected chi connectivity index (χ3v) is 4.04. The number of benzene rings is 1. The van der Waals surface area contributed by atoms with E-state index in [1.165, 1.54) is 12.1 Å².